The number of quaternary nitrogens is 2. The molecule has 5 fully saturated rings. The van der Waals surface area contributed by atoms with Crippen LogP contribution in [-0.2, 0) is 41.7 Å². The number of hydrogen-bond donors (Lipinski definition) is 0. The predicted octanol–water partition coefficient (Wildman–Crippen LogP) is 0.418. The van der Waals surface area contributed by atoms with Crippen molar-refractivity contribution in [3.05, 3.63) is 59.7 Å². The van der Waals surface area contributed by atoms with E-state index in [4.69, 9.17) is 18.9 Å². The van der Waals surface area contributed by atoms with Gasteiger partial charge in [0.2, 0.25) is 0 Å². The van der Waals surface area contributed by atoms with E-state index in [1.54, 1.807) is 13.8 Å². The molecule has 0 radical (unpaired) electrons. The van der Waals surface area contributed by atoms with Crippen LogP contribution < -0.4 is 43.4 Å². The van der Waals surface area contributed by atoms with Crippen LogP contribution in [0.15, 0.2) is 48.5 Å². The van der Waals surface area contributed by atoms with Gasteiger partial charge < -0.3 is 61.9 Å². The topological polar surface area (TPSA) is 105 Å². The lowest BCUT2D eigenvalue weighted by Crippen LogP contribution is -3.00. The van der Waals surface area contributed by atoms with Crippen LogP contribution in [0.1, 0.15) is 102 Å². The van der Waals surface area contributed by atoms with Gasteiger partial charge in [-0.15, -0.1) is 0 Å². The first-order chi connectivity index (χ1) is 25.0. The maximum Gasteiger partial charge on any atom is 0.310 e. The standard InChI is InChI=1S/C42H56N2O8.2BrH/c1-5-39(45)49-33-15-7-27(8-16-33)25-43(3)29-11-12-30(43)22-35(21-29)51-41(47)37-19-20-38(37)42(48)52-36-23-31-13-14-32(24-36)44(31,4)26-28-9-17-34(18-10-28)50-40(46)6-2;;/h7-10,15-18,29-32,35-38H,5-6,11-14,19-26H2,1-4H3;2*1H/q+2;;/p-2/t29?,30?,31?,32?,35-,36?,37?,38?,43-,44?;;. The molecule has 1 saturated carbocycles. The molecule has 5 aliphatic rings. The summed E-state index contributed by atoms with van der Waals surface area (Å²) in [5, 5.41) is 0. The maximum absolute atomic E-state index is 13.5. The highest BCUT2D eigenvalue weighted by Gasteiger charge is 2.55. The van der Waals surface area contributed by atoms with Crippen LogP contribution in [0, 0.1) is 11.8 Å². The van der Waals surface area contributed by atoms with E-state index in [1.165, 1.54) is 11.1 Å². The average molecular weight is 877 g/mol. The third-order valence-corrected chi connectivity index (χ3v) is 13.5. The number of halogens is 2. The van der Waals surface area contributed by atoms with E-state index in [-0.39, 0.29) is 70.0 Å². The Morgan fingerprint density at radius 3 is 1.13 bits per heavy atom. The quantitative estimate of drug-likeness (QED) is 0.172. The van der Waals surface area contributed by atoms with Crippen molar-refractivity contribution in [1.82, 2.24) is 0 Å². The number of nitrogens with zero attached hydrogens (tertiary/aromatic N) is 2. The number of rotatable bonds is 12. The second-order valence-electron chi connectivity index (χ2n) is 16.6. The zero-order chi connectivity index (χ0) is 36.6. The molecular formula is C42H56Br2N2O8. The van der Waals surface area contributed by atoms with Gasteiger partial charge in [0.15, 0.2) is 0 Å². The van der Waals surface area contributed by atoms with Crippen molar-refractivity contribution in [2.75, 3.05) is 14.1 Å². The first-order valence-electron chi connectivity index (χ1n) is 19.7. The smallest absolute Gasteiger partial charge is 0.310 e. The lowest BCUT2D eigenvalue weighted by molar-refractivity contribution is -0.961. The summed E-state index contributed by atoms with van der Waals surface area (Å²) in [5.41, 5.74) is 2.42. The number of ether oxygens (including phenoxy) is 4. The van der Waals surface area contributed by atoms with Crippen LogP contribution in [-0.4, -0.2) is 83.3 Å². The number of carbonyl (C=O) groups excluding carboxylic acids is 4. The number of fused-ring (bicyclic) bond motifs is 4. The maximum atomic E-state index is 13.5. The molecule has 54 heavy (non-hydrogen) atoms. The van der Waals surface area contributed by atoms with E-state index < -0.39 is 11.8 Å². The number of piperidine rings is 2. The van der Waals surface area contributed by atoms with Crippen molar-refractivity contribution in [2.24, 2.45) is 11.8 Å². The van der Waals surface area contributed by atoms with Gasteiger partial charge in [0, 0.05) is 75.3 Å². The Kier molecular flexibility index (Phi) is 13.8. The third kappa shape index (κ3) is 8.76. The van der Waals surface area contributed by atoms with E-state index in [1.807, 2.05) is 24.3 Å². The molecule has 0 aromatic heterocycles. The Labute approximate surface area is 340 Å². The van der Waals surface area contributed by atoms with Crippen molar-refractivity contribution in [1.29, 1.82) is 0 Å². The zero-order valence-electron chi connectivity index (χ0n) is 32.1. The van der Waals surface area contributed by atoms with Gasteiger partial charge in [-0.25, -0.2) is 0 Å². The zero-order valence-corrected chi connectivity index (χ0v) is 35.2. The molecule has 4 aliphatic heterocycles. The highest BCUT2D eigenvalue weighted by molar-refractivity contribution is 5.84. The second kappa shape index (κ2) is 17.6. The lowest BCUT2D eigenvalue weighted by atomic mass is 9.73. The van der Waals surface area contributed by atoms with Crippen molar-refractivity contribution >= 4 is 23.9 Å². The highest BCUT2D eigenvalue weighted by Crippen LogP contribution is 2.46. The van der Waals surface area contributed by atoms with E-state index in [0.717, 1.165) is 73.4 Å². The van der Waals surface area contributed by atoms with E-state index in [9.17, 15) is 19.2 Å². The molecule has 0 spiro atoms. The summed E-state index contributed by atoms with van der Waals surface area (Å²) >= 11 is 0. The van der Waals surface area contributed by atoms with Gasteiger partial charge >= 0.3 is 23.9 Å². The van der Waals surface area contributed by atoms with Crippen LogP contribution in [0.25, 0.3) is 0 Å². The molecule has 2 aromatic rings. The monoisotopic (exact) mass is 874 g/mol. The Morgan fingerprint density at radius 2 is 0.852 bits per heavy atom. The van der Waals surface area contributed by atoms with E-state index in [2.05, 4.69) is 38.4 Å². The van der Waals surface area contributed by atoms with Gasteiger partial charge in [-0.3, -0.25) is 19.2 Å². The average Bonchev–Trinajstić information content (AvgIpc) is 3.33. The van der Waals surface area contributed by atoms with Crippen molar-refractivity contribution in [2.45, 2.75) is 140 Å². The lowest BCUT2D eigenvalue weighted by Gasteiger charge is -2.47. The number of hydrogen-bond acceptors (Lipinski definition) is 8. The fourth-order valence-corrected chi connectivity index (χ4v) is 10.2. The van der Waals surface area contributed by atoms with Crippen molar-refractivity contribution < 1.29 is 81.1 Å². The normalized spacial score (nSPS) is 33.3. The Morgan fingerprint density at radius 1 is 0.537 bits per heavy atom. The van der Waals surface area contributed by atoms with Crippen LogP contribution in [0.3, 0.4) is 0 Å². The fraction of sp³-hybridized carbons (Fsp3) is 0.619. The largest absolute Gasteiger partial charge is 1.00 e. The Balaban J connectivity index is 0.00000280. The summed E-state index contributed by atoms with van der Waals surface area (Å²) in [4.78, 5) is 50.3. The van der Waals surface area contributed by atoms with Crippen LogP contribution in [0.2, 0.25) is 0 Å². The van der Waals surface area contributed by atoms with Gasteiger partial charge in [0.05, 0.1) is 50.1 Å². The number of carbonyl (C=O) groups is 4. The van der Waals surface area contributed by atoms with Gasteiger partial charge in [-0.05, 0) is 61.4 Å². The summed E-state index contributed by atoms with van der Waals surface area (Å²) in [6.45, 7) is 5.35. The van der Waals surface area contributed by atoms with Gasteiger partial charge in [0.25, 0.3) is 0 Å². The van der Waals surface area contributed by atoms with E-state index in [0.29, 0.717) is 61.3 Å². The van der Waals surface area contributed by atoms with Crippen molar-refractivity contribution in [3.8, 4) is 11.5 Å². The number of benzene rings is 2. The summed E-state index contributed by atoms with van der Waals surface area (Å²) in [6.07, 6.45) is 9.63. The minimum Gasteiger partial charge on any atom is -1.00 e. The molecule has 1 aliphatic carbocycles. The predicted molar refractivity (Wildman–Crippen MR) is 193 cm³/mol. The molecular weight excluding hydrogens is 820 g/mol. The summed E-state index contributed by atoms with van der Waals surface area (Å²) in [5.74, 6) is -0.593. The molecule has 4 heterocycles. The first-order valence-corrected chi connectivity index (χ1v) is 19.7. The SMILES string of the molecule is CCC(=O)Oc1ccc(C[N+]2(C)C3CCC2CC(OC(=O)C2CCC2C(=O)O[C@H]2CC4CCC(C2)[N@@+]4(C)Cc2ccc(OC(=O)CC)cc2)C3)cc1.[Br-].[Br-]. The van der Waals surface area contributed by atoms with Crippen LogP contribution in [0.5, 0.6) is 11.5 Å². The van der Waals surface area contributed by atoms with Gasteiger partial charge in [-0.1, -0.05) is 13.8 Å². The molecule has 7 rings (SSSR count). The minimum absolute atomic E-state index is 0. The van der Waals surface area contributed by atoms with Gasteiger partial charge in [0.1, 0.15) is 36.8 Å². The van der Waals surface area contributed by atoms with Crippen LogP contribution >= 0.6 is 0 Å². The minimum atomic E-state index is -0.408. The molecule has 296 valence electrons. The highest BCUT2D eigenvalue weighted by atomic mass is 79.9. The second-order valence-corrected chi connectivity index (χ2v) is 16.6. The van der Waals surface area contributed by atoms with Gasteiger partial charge in [-0.2, -0.15) is 0 Å². The molecule has 0 N–H and O–H groups in total. The first kappa shape index (κ1) is 42.3. The third-order valence-electron chi connectivity index (χ3n) is 13.5. The molecule has 6 atom stereocenters. The molecule has 4 bridgehead atoms. The number of esters is 4. The molecule has 0 amide bonds. The summed E-state index contributed by atoms with van der Waals surface area (Å²) in [6, 6.07) is 17.3. The van der Waals surface area contributed by atoms with Crippen LogP contribution in [0.4, 0.5) is 0 Å². The van der Waals surface area contributed by atoms with E-state index >= 15 is 0 Å². The van der Waals surface area contributed by atoms with Crippen molar-refractivity contribution in [3.63, 3.8) is 0 Å². The fourth-order valence-electron chi connectivity index (χ4n) is 10.2. The Hall–Kier alpha value is -2.80. The molecule has 12 heteroatoms. The Bertz CT molecular complexity index is 1500. The summed E-state index contributed by atoms with van der Waals surface area (Å²) in [7, 11) is 4.65. The molecule has 2 aromatic carbocycles. The molecule has 10 nitrogen and oxygen atoms in total. The molecule has 6 unspecified atom stereocenters. The molecule has 4 saturated heterocycles. The summed E-state index contributed by atoms with van der Waals surface area (Å²) < 4.78 is 24.9.